The molecule has 1 heterocycles. The molecule has 0 aliphatic rings. The van der Waals surface area contributed by atoms with Crippen molar-refractivity contribution in [1.82, 2.24) is 9.88 Å². The number of aromatic amines is 1. The molecule has 0 saturated heterocycles. The monoisotopic (exact) mass is 290 g/mol. The van der Waals surface area contributed by atoms with Gasteiger partial charge in [-0.05, 0) is 19.1 Å². The molecule has 0 spiro atoms. The molecule has 102 valence electrons. The second-order valence-corrected chi connectivity index (χ2v) is 5.89. The molecule has 0 aromatic carbocycles. The van der Waals surface area contributed by atoms with Crippen molar-refractivity contribution < 1.29 is 14.6 Å². The Morgan fingerprint density at radius 1 is 1.67 bits per heavy atom. The van der Waals surface area contributed by atoms with Crippen LogP contribution in [0.25, 0.3) is 0 Å². The number of nitrogens with zero attached hydrogens (tertiary/aromatic N) is 1. The molecule has 1 aromatic heterocycles. The van der Waals surface area contributed by atoms with Gasteiger partial charge in [-0.15, -0.1) is 11.3 Å². The number of hydrogen-bond donors (Lipinski definition) is 2. The number of hydrogen-bond acceptors (Lipinski definition) is 5. The molecule has 18 heavy (non-hydrogen) atoms. The van der Waals surface area contributed by atoms with Gasteiger partial charge < -0.3 is 19.7 Å². The Kier molecular flexibility index (Phi) is 5.94. The van der Waals surface area contributed by atoms with E-state index in [1.165, 1.54) is 23.3 Å². The summed E-state index contributed by atoms with van der Waals surface area (Å²) in [4.78, 5) is 17.4. The van der Waals surface area contributed by atoms with Crippen LogP contribution in [-0.4, -0.2) is 54.3 Å². The molecular weight excluding hydrogens is 272 g/mol. The van der Waals surface area contributed by atoms with Gasteiger partial charge in [0.2, 0.25) is 5.91 Å². The minimum atomic E-state index is -0.658. The number of rotatable bonds is 6. The zero-order valence-corrected chi connectivity index (χ0v) is 12.4. The van der Waals surface area contributed by atoms with Gasteiger partial charge in [0.25, 0.3) is 0 Å². The summed E-state index contributed by atoms with van der Waals surface area (Å²) < 4.78 is 5.50. The summed E-state index contributed by atoms with van der Waals surface area (Å²) in [6, 6.07) is 0. The molecule has 1 rings (SSSR count). The molecule has 0 saturated carbocycles. The summed E-state index contributed by atoms with van der Waals surface area (Å²) in [5.41, 5.74) is 0.934. The van der Waals surface area contributed by atoms with Crippen LogP contribution in [0.4, 0.5) is 0 Å². The zero-order valence-electron chi connectivity index (χ0n) is 10.7. The van der Waals surface area contributed by atoms with Crippen molar-refractivity contribution >= 4 is 29.5 Å². The molecule has 1 aromatic rings. The summed E-state index contributed by atoms with van der Waals surface area (Å²) in [7, 11) is 3.18. The summed E-state index contributed by atoms with van der Waals surface area (Å²) >= 11 is 6.44. The Morgan fingerprint density at radius 3 is 2.83 bits per heavy atom. The maximum Gasteiger partial charge on any atom is 0.227 e. The number of carbonyl (C=O) groups excluding carboxylic acids is 1. The fraction of sp³-hybridized carbons (Fsp3) is 0.636. The van der Waals surface area contributed by atoms with Crippen LogP contribution in [0.2, 0.25) is 0 Å². The quantitative estimate of drug-likeness (QED) is 0.771. The number of methoxy groups -OCH3 is 1. The Bertz CT molecular complexity index is 455. The number of aromatic nitrogens is 1. The molecule has 1 unspecified atom stereocenters. The van der Waals surface area contributed by atoms with Crippen molar-refractivity contribution in [3.05, 3.63) is 14.5 Å². The minimum Gasteiger partial charge on any atom is -0.389 e. The van der Waals surface area contributed by atoms with E-state index in [-0.39, 0.29) is 19.1 Å². The van der Waals surface area contributed by atoms with Gasteiger partial charge in [-0.2, -0.15) is 0 Å². The zero-order chi connectivity index (χ0) is 13.7. The van der Waals surface area contributed by atoms with Crippen molar-refractivity contribution in [2.24, 2.45) is 0 Å². The van der Waals surface area contributed by atoms with E-state index in [9.17, 15) is 9.90 Å². The molecule has 0 bridgehead atoms. The Balaban J connectivity index is 2.54. The average Bonchev–Trinajstić information content (AvgIpc) is 2.57. The van der Waals surface area contributed by atoms with E-state index in [1.807, 2.05) is 6.92 Å². The lowest BCUT2D eigenvalue weighted by molar-refractivity contribution is -0.130. The second kappa shape index (κ2) is 6.98. The Hall–Kier alpha value is -0.760. The third kappa shape index (κ3) is 4.49. The lowest BCUT2D eigenvalue weighted by atomic mass is 10.2. The van der Waals surface area contributed by atoms with Gasteiger partial charge in [0.15, 0.2) is 3.95 Å². The van der Waals surface area contributed by atoms with Crippen LogP contribution in [-0.2, 0) is 16.0 Å². The molecule has 1 amide bonds. The summed E-state index contributed by atoms with van der Waals surface area (Å²) in [5, 5.41) is 9.55. The minimum absolute atomic E-state index is 0.0431. The molecule has 0 aliphatic carbocycles. The lowest BCUT2D eigenvalue weighted by Gasteiger charge is -2.20. The number of amides is 1. The van der Waals surface area contributed by atoms with Crippen LogP contribution in [0.15, 0.2) is 0 Å². The third-order valence-corrected chi connectivity index (χ3v) is 3.84. The SMILES string of the molecule is COCC(O)CN(C)C(=O)Cc1sc(=S)[nH]c1C. The van der Waals surface area contributed by atoms with E-state index in [4.69, 9.17) is 17.0 Å². The number of aryl methyl sites for hydroxylation is 1. The number of nitrogens with one attached hydrogen (secondary N) is 1. The summed E-state index contributed by atoms with van der Waals surface area (Å²) in [6.45, 7) is 2.38. The van der Waals surface area contributed by atoms with Crippen molar-refractivity contribution in [2.75, 3.05) is 27.3 Å². The predicted octanol–water partition coefficient (Wildman–Crippen LogP) is 1.12. The Labute approximate surface area is 115 Å². The number of ether oxygens (including phenoxy) is 1. The van der Waals surface area contributed by atoms with Crippen molar-refractivity contribution in [2.45, 2.75) is 19.4 Å². The maximum absolute atomic E-state index is 11.9. The van der Waals surface area contributed by atoms with Crippen molar-refractivity contribution in [1.29, 1.82) is 0 Å². The molecular formula is C11H18N2O3S2. The first kappa shape index (κ1) is 15.3. The largest absolute Gasteiger partial charge is 0.389 e. The smallest absolute Gasteiger partial charge is 0.227 e. The second-order valence-electron chi connectivity index (χ2n) is 4.12. The molecule has 0 fully saturated rings. The van der Waals surface area contributed by atoms with Gasteiger partial charge in [0.05, 0.1) is 19.1 Å². The summed E-state index contributed by atoms with van der Waals surface area (Å²) in [6.07, 6.45) is -0.353. The summed E-state index contributed by atoms with van der Waals surface area (Å²) in [5.74, 6) is -0.0431. The van der Waals surface area contributed by atoms with Gasteiger partial charge in [0.1, 0.15) is 0 Å². The van der Waals surface area contributed by atoms with Gasteiger partial charge in [-0.25, -0.2) is 0 Å². The maximum atomic E-state index is 11.9. The molecule has 1 atom stereocenters. The van der Waals surface area contributed by atoms with E-state index in [0.29, 0.717) is 10.4 Å². The third-order valence-electron chi connectivity index (χ3n) is 2.50. The highest BCUT2D eigenvalue weighted by Gasteiger charge is 2.16. The van der Waals surface area contributed by atoms with Gasteiger partial charge >= 0.3 is 0 Å². The fourth-order valence-electron chi connectivity index (χ4n) is 1.54. The number of aliphatic hydroxyl groups excluding tert-OH is 1. The van der Waals surface area contributed by atoms with Crippen LogP contribution in [0.5, 0.6) is 0 Å². The van der Waals surface area contributed by atoms with Crippen LogP contribution in [0, 0.1) is 10.9 Å². The van der Waals surface area contributed by atoms with Crippen LogP contribution >= 0.6 is 23.6 Å². The van der Waals surface area contributed by atoms with E-state index in [2.05, 4.69) is 4.98 Å². The molecule has 2 N–H and O–H groups in total. The van der Waals surface area contributed by atoms with E-state index < -0.39 is 6.10 Å². The van der Waals surface area contributed by atoms with E-state index in [0.717, 1.165) is 10.6 Å². The van der Waals surface area contributed by atoms with Crippen LogP contribution < -0.4 is 0 Å². The first-order valence-electron chi connectivity index (χ1n) is 5.53. The molecule has 5 nitrogen and oxygen atoms in total. The van der Waals surface area contributed by atoms with E-state index >= 15 is 0 Å². The number of likely N-dealkylation sites (N-methyl/N-ethyl adjacent to an activating group) is 1. The number of carbonyl (C=O) groups is 1. The number of aliphatic hydroxyl groups is 1. The number of H-pyrrole nitrogens is 1. The average molecular weight is 290 g/mol. The first-order valence-corrected chi connectivity index (χ1v) is 6.76. The normalized spacial score (nSPS) is 12.4. The predicted molar refractivity (Wildman–Crippen MR) is 73.5 cm³/mol. The molecule has 0 radical (unpaired) electrons. The highest BCUT2D eigenvalue weighted by molar-refractivity contribution is 7.73. The highest BCUT2D eigenvalue weighted by Crippen LogP contribution is 2.15. The molecule has 7 heteroatoms. The topological polar surface area (TPSA) is 65.6 Å². The number of thiazole rings is 1. The highest BCUT2D eigenvalue weighted by atomic mass is 32.1. The fourth-order valence-corrected chi connectivity index (χ4v) is 2.82. The van der Waals surface area contributed by atoms with Crippen LogP contribution in [0.3, 0.4) is 0 Å². The van der Waals surface area contributed by atoms with Crippen LogP contribution in [0.1, 0.15) is 10.6 Å². The van der Waals surface area contributed by atoms with Gasteiger partial charge in [-0.3, -0.25) is 4.79 Å². The first-order chi connectivity index (χ1) is 8.43. The van der Waals surface area contributed by atoms with Gasteiger partial charge in [-0.1, -0.05) is 0 Å². The lowest BCUT2D eigenvalue weighted by Crippen LogP contribution is -2.37. The molecule has 0 aliphatic heterocycles. The van der Waals surface area contributed by atoms with Crippen molar-refractivity contribution in [3.63, 3.8) is 0 Å². The standard InChI is InChI=1S/C11H18N2O3S2/c1-7-9(18-11(17)12-7)4-10(15)13(2)5-8(14)6-16-3/h8,14H,4-6H2,1-3H3,(H,12,17). The van der Waals surface area contributed by atoms with Crippen molar-refractivity contribution in [3.8, 4) is 0 Å². The van der Waals surface area contributed by atoms with Gasteiger partial charge in [0, 0.05) is 31.3 Å². The van der Waals surface area contributed by atoms with E-state index in [1.54, 1.807) is 7.05 Å². The Morgan fingerprint density at radius 2 is 2.33 bits per heavy atom.